The molecule has 9 heteroatoms. The maximum absolute atomic E-state index is 12.3. The van der Waals surface area contributed by atoms with E-state index in [1.54, 1.807) is 6.92 Å². The van der Waals surface area contributed by atoms with Crippen molar-refractivity contribution in [3.63, 3.8) is 0 Å². The summed E-state index contributed by atoms with van der Waals surface area (Å²) < 4.78 is 10.0. The maximum atomic E-state index is 12.3. The fourth-order valence-electron chi connectivity index (χ4n) is 2.04. The summed E-state index contributed by atoms with van der Waals surface area (Å²) in [6.07, 6.45) is 6.59. The Kier molecular flexibility index (Phi) is 6.98. The van der Waals surface area contributed by atoms with Gasteiger partial charge in [-0.2, -0.15) is 0 Å². The summed E-state index contributed by atoms with van der Waals surface area (Å²) in [6, 6.07) is 3.05. The Morgan fingerprint density at radius 3 is 2.58 bits per heavy atom. The molecule has 0 N–H and O–H groups in total. The van der Waals surface area contributed by atoms with Crippen molar-refractivity contribution in [1.29, 1.82) is 0 Å². The number of ether oxygens (including phenoxy) is 2. The number of benzene rings is 1. The van der Waals surface area contributed by atoms with E-state index in [2.05, 4.69) is 5.92 Å². The molecule has 0 unspecified atom stereocenters. The molecule has 0 bridgehead atoms. The molecule has 0 aliphatic carbocycles. The van der Waals surface area contributed by atoms with Gasteiger partial charge in [-0.1, -0.05) is 29.1 Å². The first-order chi connectivity index (χ1) is 12.4. The fourth-order valence-corrected chi connectivity index (χ4v) is 3.49. The number of halogens is 2. The number of hydrogen-bond acceptors (Lipinski definition) is 6. The number of nitrogens with zero attached hydrogens (tertiary/aromatic N) is 1. The second kappa shape index (κ2) is 8.99. The molecule has 1 aliphatic rings. The van der Waals surface area contributed by atoms with Crippen molar-refractivity contribution in [3.05, 3.63) is 32.6 Å². The van der Waals surface area contributed by atoms with E-state index in [4.69, 9.17) is 39.1 Å². The Balaban J connectivity index is 2.22. The van der Waals surface area contributed by atoms with Crippen molar-refractivity contribution in [2.45, 2.75) is 6.92 Å². The van der Waals surface area contributed by atoms with Gasteiger partial charge < -0.3 is 9.47 Å². The topological polar surface area (TPSA) is 72.9 Å². The van der Waals surface area contributed by atoms with E-state index in [1.165, 1.54) is 18.2 Å². The normalized spacial score (nSPS) is 15.3. The smallest absolute Gasteiger partial charge is 0.326 e. The summed E-state index contributed by atoms with van der Waals surface area (Å²) in [7, 11) is 0. The standard InChI is InChI=1S/C17H13Cl2NO5S/c1-3-5-25-15-11(18)6-10(7-12(15)19)8-13-16(22)20(17(23)26-13)9-14(21)24-4-2/h1,6-8H,4-5,9H2,2H3. The van der Waals surface area contributed by atoms with Gasteiger partial charge in [-0.3, -0.25) is 19.3 Å². The molecule has 0 aromatic heterocycles. The first-order valence-electron chi connectivity index (χ1n) is 7.33. The quantitative estimate of drug-likeness (QED) is 0.402. The average Bonchev–Trinajstić information content (AvgIpc) is 2.82. The molecule has 0 radical (unpaired) electrons. The van der Waals surface area contributed by atoms with Gasteiger partial charge in [0, 0.05) is 0 Å². The largest absolute Gasteiger partial charge is 0.478 e. The molecule has 1 aromatic carbocycles. The molecule has 1 aliphatic heterocycles. The number of carbonyl (C=O) groups excluding carboxylic acids is 3. The van der Waals surface area contributed by atoms with Crippen molar-refractivity contribution in [3.8, 4) is 18.1 Å². The number of esters is 1. The van der Waals surface area contributed by atoms with Crippen LogP contribution in [-0.2, 0) is 14.3 Å². The SMILES string of the molecule is C#CCOc1c(Cl)cc(C=C2SC(=O)N(CC(=O)OCC)C2=O)cc1Cl. The number of amides is 2. The summed E-state index contributed by atoms with van der Waals surface area (Å²) >= 11 is 12.9. The number of hydrogen-bond donors (Lipinski definition) is 0. The zero-order chi connectivity index (χ0) is 19.3. The molecule has 1 saturated heterocycles. The lowest BCUT2D eigenvalue weighted by Gasteiger charge is -2.11. The van der Waals surface area contributed by atoms with Gasteiger partial charge in [0.25, 0.3) is 11.1 Å². The van der Waals surface area contributed by atoms with Crippen LogP contribution in [0.25, 0.3) is 6.08 Å². The molecule has 2 amide bonds. The number of rotatable bonds is 6. The third kappa shape index (κ3) is 4.73. The first kappa shape index (κ1) is 20.2. The van der Waals surface area contributed by atoms with E-state index >= 15 is 0 Å². The molecule has 0 spiro atoms. The molecule has 6 nitrogen and oxygen atoms in total. The summed E-state index contributed by atoms with van der Waals surface area (Å²) in [4.78, 5) is 36.8. The highest BCUT2D eigenvalue weighted by Gasteiger charge is 2.36. The van der Waals surface area contributed by atoms with E-state index in [-0.39, 0.29) is 33.9 Å². The third-order valence-electron chi connectivity index (χ3n) is 3.08. The predicted molar refractivity (Wildman–Crippen MR) is 100 cm³/mol. The molecule has 136 valence electrons. The highest BCUT2D eigenvalue weighted by atomic mass is 35.5. The lowest BCUT2D eigenvalue weighted by atomic mass is 10.2. The van der Waals surface area contributed by atoms with Gasteiger partial charge in [0.15, 0.2) is 5.75 Å². The fraction of sp³-hybridized carbons (Fsp3) is 0.235. The third-order valence-corrected chi connectivity index (χ3v) is 4.55. The van der Waals surface area contributed by atoms with Crippen LogP contribution in [0.4, 0.5) is 4.79 Å². The highest BCUT2D eigenvalue weighted by Crippen LogP contribution is 2.37. The van der Waals surface area contributed by atoms with Crippen LogP contribution in [0.5, 0.6) is 5.75 Å². The summed E-state index contributed by atoms with van der Waals surface area (Å²) in [5, 5.41) is -0.130. The summed E-state index contributed by atoms with van der Waals surface area (Å²) in [5.74, 6) is 1.29. The molecule has 26 heavy (non-hydrogen) atoms. The number of thioether (sulfide) groups is 1. The second-order valence-electron chi connectivity index (χ2n) is 4.88. The predicted octanol–water partition coefficient (Wildman–Crippen LogP) is 3.60. The molecular formula is C17H13Cl2NO5S. The lowest BCUT2D eigenvalue weighted by molar-refractivity contribution is -0.145. The van der Waals surface area contributed by atoms with Crippen molar-refractivity contribution in [1.82, 2.24) is 4.90 Å². The van der Waals surface area contributed by atoms with Crippen LogP contribution in [0.3, 0.4) is 0 Å². The molecule has 2 rings (SSSR count). The van der Waals surface area contributed by atoms with Gasteiger partial charge in [0.1, 0.15) is 13.2 Å². The Bertz CT molecular complexity index is 808. The van der Waals surface area contributed by atoms with Crippen LogP contribution >= 0.6 is 35.0 Å². The lowest BCUT2D eigenvalue weighted by Crippen LogP contribution is -2.34. The van der Waals surface area contributed by atoms with Gasteiger partial charge in [-0.15, -0.1) is 6.42 Å². The van der Waals surface area contributed by atoms with Crippen LogP contribution in [0.2, 0.25) is 10.0 Å². The van der Waals surface area contributed by atoms with E-state index in [9.17, 15) is 14.4 Å². The molecule has 1 fully saturated rings. The average molecular weight is 414 g/mol. The summed E-state index contributed by atoms with van der Waals surface area (Å²) in [6.45, 7) is 1.37. The van der Waals surface area contributed by atoms with Crippen LogP contribution in [0.1, 0.15) is 12.5 Å². The molecular weight excluding hydrogens is 401 g/mol. The van der Waals surface area contributed by atoms with Crippen molar-refractivity contribution in [2.24, 2.45) is 0 Å². The van der Waals surface area contributed by atoms with Crippen LogP contribution in [-0.4, -0.2) is 41.8 Å². The monoisotopic (exact) mass is 413 g/mol. The van der Waals surface area contributed by atoms with Gasteiger partial charge in [-0.25, -0.2) is 0 Å². The van der Waals surface area contributed by atoms with E-state index < -0.39 is 23.7 Å². The van der Waals surface area contributed by atoms with E-state index in [1.807, 2.05) is 0 Å². The van der Waals surface area contributed by atoms with Gasteiger partial charge >= 0.3 is 5.97 Å². The minimum Gasteiger partial charge on any atom is -0.478 e. The Morgan fingerprint density at radius 2 is 2.00 bits per heavy atom. The zero-order valence-electron chi connectivity index (χ0n) is 13.6. The van der Waals surface area contributed by atoms with Crippen LogP contribution < -0.4 is 4.74 Å². The number of carbonyl (C=O) groups is 3. The van der Waals surface area contributed by atoms with Crippen molar-refractivity contribution in [2.75, 3.05) is 19.8 Å². The number of terminal acetylenes is 1. The van der Waals surface area contributed by atoms with Gasteiger partial charge in [0.05, 0.1) is 21.6 Å². The van der Waals surface area contributed by atoms with Crippen molar-refractivity contribution < 1.29 is 23.9 Å². The first-order valence-corrected chi connectivity index (χ1v) is 8.90. The van der Waals surface area contributed by atoms with E-state index in [0.29, 0.717) is 17.3 Å². The molecule has 1 heterocycles. The van der Waals surface area contributed by atoms with Gasteiger partial charge in [0.2, 0.25) is 0 Å². The Labute approximate surface area is 164 Å². The Morgan fingerprint density at radius 1 is 1.35 bits per heavy atom. The zero-order valence-corrected chi connectivity index (χ0v) is 15.9. The van der Waals surface area contributed by atoms with Crippen LogP contribution in [0, 0.1) is 12.3 Å². The second-order valence-corrected chi connectivity index (χ2v) is 6.69. The minimum atomic E-state index is -0.655. The van der Waals surface area contributed by atoms with Gasteiger partial charge in [-0.05, 0) is 42.5 Å². The molecule has 1 aromatic rings. The molecule has 0 atom stereocenters. The molecule has 0 saturated carbocycles. The number of imide groups is 1. The van der Waals surface area contributed by atoms with E-state index in [0.717, 1.165) is 4.90 Å². The van der Waals surface area contributed by atoms with Crippen molar-refractivity contribution >= 4 is 58.2 Å². The Hall–Kier alpha value is -2.14. The van der Waals surface area contributed by atoms with Crippen LogP contribution in [0.15, 0.2) is 17.0 Å². The highest BCUT2D eigenvalue weighted by molar-refractivity contribution is 8.18. The minimum absolute atomic E-state index is 0.00549. The summed E-state index contributed by atoms with van der Waals surface area (Å²) in [5.41, 5.74) is 0.495. The maximum Gasteiger partial charge on any atom is 0.326 e.